The van der Waals surface area contributed by atoms with E-state index in [9.17, 15) is 9.59 Å². The maximum absolute atomic E-state index is 11.9. The van der Waals surface area contributed by atoms with Crippen molar-refractivity contribution >= 4 is 11.9 Å². The molecule has 0 aromatic rings. The highest BCUT2D eigenvalue weighted by Gasteiger charge is 2.26. The molecule has 1 aliphatic carbocycles. The van der Waals surface area contributed by atoms with E-state index in [1.807, 2.05) is 0 Å². The molecule has 1 saturated carbocycles. The molecule has 4 nitrogen and oxygen atoms in total. The van der Waals surface area contributed by atoms with E-state index < -0.39 is 11.9 Å². The third kappa shape index (κ3) is 5.05. The van der Waals surface area contributed by atoms with E-state index in [0.29, 0.717) is 12.2 Å². The normalized spacial score (nSPS) is 20.6. The van der Waals surface area contributed by atoms with Gasteiger partial charge in [0.1, 0.15) is 0 Å². The molecule has 1 rings (SSSR count). The molecule has 0 radical (unpaired) electrons. The molecule has 0 aromatic carbocycles. The minimum Gasteiger partial charge on any atom is -0.463 e. The van der Waals surface area contributed by atoms with Crippen LogP contribution < -0.4 is 0 Å². The Balaban J connectivity index is 2.58. The molecule has 4 heteroatoms. The van der Waals surface area contributed by atoms with E-state index in [0.717, 1.165) is 24.8 Å². The van der Waals surface area contributed by atoms with Crippen molar-refractivity contribution in [2.24, 2.45) is 5.41 Å². The van der Waals surface area contributed by atoms with Crippen molar-refractivity contribution in [1.82, 2.24) is 0 Å². The smallest absolute Gasteiger partial charge is 0.344 e. The molecule has 19 heavy (non-hydrogen) atoms. The number of allylic oxidation sites excluding steroid dienone is 1. The van der Waals surface area contributed by atoms with Crippen molar-refractivity contribution in [3.8, 4) is 0 Å². The van der Waals surface area contributed by atoms with Crippen molar-refractivity contribution in [2.75, 3.05) is 13.2 Å². The summed E-state index contributed by atoms with van der Waals surface area (Å²) in [5.41, 5.74) is 2.05. The van der Waals surface area contributed by atoms with Gasteiger partial charge < -0.3 is 9.47 Å². The van der Waals surface area contributed by atoms with Crippen LogP contribution in [0.3, 0.4) is 0 Å². The summed E-state index contributed by atoms with van der Waals surface area (Å²) in [6.45, 7) is 7.92. The van der Waals surface area contributed by atoms with E-state index in [1.165, 1.54) is 6.42 Å². The SMILES string of the molecule is CCOC(=O)COC(=O)C(C)=C1CCCC(C)(C)C1. The molecule has 0 spiro atoms. The van der Waals surface area contributed by atoms with E-state index in [-0.39, 0.29) is 12.0 Å². The van der Waals surface area contributed by atoms with Gasteiger partial charge in [-0.05, 0) is 44.9 Å². The van der Waals surface area contributed by atoms with Crippen LogP contribution >= 0.6 is 0 Å². The molecule has 0 heterocycles. The molecule has 0 amide bonds. The maximum atomic E-state index is 11.9. The van der Waals surface area contributed by atoms with E-state index in [1.54, 1.807) is 13.8 Å². The number of rotatable bonds is 4. The second-order valence-corrected chi connectivity index (χ2v) is 5.80. The summed E-state index contributed by atoms with van der Waals surface area (Å²) in [5, 5.41) is 0. The van der Waals surface area contributed by atoms with Gasteiger partial charge in [0, 0.05) is 5.57 Å². The Hall–Kier alpha value is -1.32. The van der Waals surface area contributed by atoms with Crippen LogP contribution in [-0.4, -0.2) is 25.2 Å². The molecule has 108 valence electrons. The van der Waals surface area contributed by atoms with Crippen LogP contribution in [0, 0.1) is 5.41 Å². The zero-order valence-electron chi connectivity index (χ0n) is 12.4. The van der Waals surface area contributed by atoms with Gasteiger partial charge >= 0.3 is 11.9 Å². The first-order chi connectivity index (χ1) is 8.85. The molecule has 0 bridgehead atoms. The topological polar surface area (TPSA) is 52.6 Å². The minimum atomic E-state index is -0.502. The minimum absolute atomic E-state index is 0.246. The average molecular weight is 268 g/mol. The molecule has 0 atom stereocenters. The summed E-state index contributed by atoms with van der Waals surface area (Å²) >= 11 is 0. The third-order valence-corrected chi connectivity index (χ3v) is 3.49. The molecule has 0 N–H and O–H groups in total. The lowest BCUT2D eigenvalue weighted by atomic mass is 9.74. The Morgan fingerprint density at radius 2 is 1.95 bits per heavy atom. The van der Waals surface area contributed by atoms with Gasteiger partial charge in [0.2, 0.25) is 0 Å². The number of carbonyl (C=O) groups excluding carboxylic acids is 2. The summed E-state index contributed by atoms with van der Waals surface area (Å²) in [5.74, 6) is -0.904. The van der Waals surface area contributed by atoms with Gasteiger partial charge in [-0.2, -0.15) is 0 Å². The number of esters is 2. The monoisotopic (exact) mass is 268 g/mol. The Kier molecular flexibility index (Phi) is 5.58. The highest BCUT2D eigenvalue weighted by Crippen LogP contribution is 2.39. The van der Waals surface area contributed by atoms with Crippen LogP contribution in [0.4, 0.5) is 0 Å². The van der Waals surface area contributed by atoms with Crippen LogP contribution in [0.15, 0.2) is 11.1 Å². The fraction of sp³-hybridized carbons (Fsp3) is 0.733. The lowest BCUT2D eigenvalue weighted by molar-refractivity contribution is -0.156. The number of ether oxygens (including phenoxy) is 2. The van der Waals surface area contributed by atoms with E-state index in [4.69, 9.17) is 9.47 Å². The van der Waals surface area contributed by atoms with E-state index >= 15 is 0 Å². The third-order valence-electron chi connectivity index (χ3n) is 3.49. The van der Waals surface area contributed by atoms with Gasteiger partial charge in [-0.1, -0.05) is 19.4 Å². The summed E-state index contributed by atoms with van der Waals surface area (Å²) in [7, 11) is 0. The predicted molar refractivity (Wildman–Crippen MR) is 72.5 cm³/mol. The van der Waals surface area contributed by atoms with Crippen LogP contribution in [0.2, 0.25) is 0 Å². The number of hydrogen-bond acceptors (Lipinski definition) is 4. The largest absolute Gasteiger partial charge is 0.463 e. The molecule has 0 unspecified atom stereocenters. The van der Waals surface area contributed by atoms with Crippen LogP contribution in [-0.2, 0) is 19.1 Å². The zero-order chi connectivity index (χ0) is 14.5. The quantitative estimate of drug-likeness (QED) is 0.581. The first-order valence-electron chi connectivity index (χ1n) is 6.87. The van der Waals surface area contributed by atoms with Gasteiger partial charge in [-0.15, -0.1) is 0 Å². The number of hydrogen-bond donors (Lipinski definition) is 0. The van der Waals surface area contributed by atoms with Crippen molar-refractivity contribution in [2.45, 2.75) is 53.4 Å². The summed E-state index contributed by atoms with van der Waals surface area (Å²) in [4.78, 5) is 23.0. The molecule has 1 aliphatic rings. The van der Waals surface area contributed by atoms with Gasteiger partial charge in [-0.3, -0.25) is 0 Å². The average Bonchev–Trinajstić information content (AvgIpc) is 2.34. The summed E-state index contributed by atoms with van der Waals surface area (Å²) in [6, 6.07) is 0. The molecule has 0 saturated heterocycles. The first-order valence-corrected chi connectivity index (χ1v) is 6.87. The standard InChI is InChI=1S/C15H24O4/c1-5-18-13(16)10-19-14(17)11(2)12-7-6-8-15(3,4)9-12/h5-10H2,1-4H3. The highest BCUT2D eigenvalue weighted by atomic mass is 16.6. The maximum Gasteiger partial charge on any atom is 0.344 e. The van der Waals surface area contributed by atoms with Crippen molar-refractivity contribution in [3.63, 3.8) is 0 Å². The lowest BCUT2D eigenvalue weighted by Crippen LogP contribution is -2.21. The first kappa shape index (κ1) is 15.7. The van der Waals surface area contributed by atoms with Crippen molar-refractivity contribution in [3.05, 3.63) is 11.1 Å². The Morgan fingerprint density at radius 1 is 1.26 bits per heavy atom. The van der Waals surface area contributed by atoms with Crippen molar-refractivity contribution < 1.29 is 19.1 Å². The second kappa shape index (κ2) is 6.73. The van der Waals surface area contributed by atoms with Gasteiger partial charge in [-0.25, -0.2) is 9.59 Å². The second-order valence-electron chi connectivity index (χ2n) is 5.80. The highest BCUT2D eigenvalue weighted by molar-refractivity contribution is 5.90. The van der Waals surface area contributed by atoms with Gasteiger partial charge in [0.25, 0.3) is 0 Å². The van der Waals surface area contributed by atoms with Crippen LogP contribution in [0.5, 0.6) is 0 Å². The Labute approximate surface area is 115 Å². The lowest BCUT2D eigenvalue weighted by Gasteiger charge is -2.32. The van der Waals surface area contributed by atoms with Gasteiger partial charge in [0.15, 0.2) is 6.61 Å². The molecular weight excluding hydrogens is 244 g/mol. The van der Waals surface area contributed by atoms with E-state index in [2.05, 4.69) is 13.8 Å². The molecule has 1 fully saturated rings. The zero-order valence-corrected chi connectivity index (χ0v) is 12.4. The molecule has 0 aromatic heterocycles. The predicted octanol–water partition coefficient (Wildman–Crippen LogP) is 3.01. The van der Waals surface area contributed by atoms with Crippen LogP contribution in [0.1, 0.15) is 53.4 Å². The van der Waals surface area contributed by atoms with Gasteiger partial charge in [0.05, 0.1) is 6.61 Å². The summed E-state index contributed by atoms with van der Waals surface area (Å²) < 4.78 is 9.69. The Morgan fingerprint density at radius 3 is 2.53 bits per heavy atom. The molecular formula is C15H24O4. The number of carbonyl (C=O) groups is 2. The molecule has 0 aliphatic heterocycles. The van der Waals surface area contributed by atoms with Crippen LogP contribution in [0.25, 0.3) is 0 Å². The van der Waals surface area contributed by atoms with Crippen molar-refractivity contribution in [1.29, 1.82) is 0 Å². The summed E-state index contributed by atoms with van der Waals surface area (Å²) in [6.07, 6.45) is 4.16. The fourth-order valence-electron chi connectivity index (χ4n) is 2.43. The fourth-order valence-corrected chi connectivity index (χ4v) is 2.43. The Bertz CT molecular complexity index is 380.